The molecule has 0 unspecified atom stereocenters. The lowest BCUT2D eigenvalue weighted by Gasteiger charge is -2.42. The van der Waals surface area contributed by atoms with Crippen molar-refractivity contribution >= 4 is 0 Å². The molecule has 23 heavy (non-hydrogen) atoms. The molecule has 0 amide bonds. The van der Waals surface area contributed by atoms with E-state index < -0.39 is 6.37 Å². The van der Waals surface area contributed by atoms with Crippen molar-refractivity contribution in [2.24, 2.45) is 7.05 Å². The van der Waals surface area contributed by atoms with E-state index in [4.69, 9.17) is 7.48 Å². The van der Waals surface area contributed by atoms with Gasteiger partial charge in [0.25, 0.3) is 0 Å². The zero-order valence-electron chi connectivity index (χ0n) is 16.1. The fraction of sp³-hybridized carbons (Fsp3) is 0.476. The predicted octanol–water partition coefficient (Wildman–Crippen LogP) is 4.51. The summed E-state index contributed by atoms with van der Waals surface area (Å²) in [5, 5.41) is 0. The van der Waals surface area contributed by atoms with Crippen LogP contribution in [0.1, 0.15) is 52.4 Å². The smallest absolute Gasteiger partial charge is 0.216 e. The Morgan fingerprint density at radius 2 is 1.91 bits per heavy atom. The Kier molecular flexibility index (Phi) is 3.10. The van der Waals surface area contributed by atoms with E-state index in [2.05, 4.69) is 17.6 Å². The molecule has 2 heterocycles. The van der Waals surface area contributed by atoms with Crippen LogP contribution in [0.25, 0.3) is 11.3 Å². The molecule has 0 N–H and O–H groups in total. The number of ether oxygens (including phenoxy) is 1. The molecule has 1 aromatic heterocycles. The quantitative estimate of drug-likeness (QED) is 0.706. The first-order valence-electron chi connectivity index (χ1n) is 9.70. The average molecular weight is 310 g/mol. The largest absolute Gasteiger partial charge is 0.486 e. The predicted molar refractivity (Wildman–Crippen MR) is 92.6 cm³/mol. The van der Waals surface area contributed by atoms with Crippen molar-refractivity contribution in [3.63, 3.8) is 0 Å². The fourth-order valence-electron chi connectivity index (χ4n) is 4.01. The second-order valence-corrected chi connectivity index (χ2v) is 7.03. The number of aromatic nitrogens is 1. The maximum atomic E-state index is 8.73. The Morgan fingerprint density at radius 1 is 1.09 bits per heavy atom. The summed E-state index contributed by atoms with van der Waals surface area (Å²) in [6.07, 6.45) is 6.56. The monoisotopic (exact) mass is 310 g/mol. The van der Waals surface area contributed by atoms with Crippen LogP contribution < -0.4 is 9.30 Å². The van der Waals surface area contributed by atoms with E-state index in [-0.39, 0.29) is 5.60 Å². The zero-order chi connectivity index (χ0) is 17.7. The Hall–Kier alpha value is -1.83. The summed E-state index contributed by atoms with van der Waals surface area (Å²) in [7, 11) is 2.03. The summed E-state index contributed by atoms with van der Waals surface area (Å²) in [5.41, 5.74) is 3.59. The number of benzene rings is 1. The Balaban J connectivity index is 1.93. The number of aryl methyl sites for hydroxylation is 3. The zero-order valence-corrected chi connectivity index (χ0v) is 14.1. The summed E-state index contributed by atoms with van der Waals surface area (Å²) in [6, 6.07) is 10.1. The van der Waals surface area contributed by atoms with E-state index in [0.717, 1.165) is 48.3 Å². The molecule has 1 saturated carbocycles. The number of pyridine rings is 1. The summed E-state index contributed by atoms with van der Waals surface area (Å²) in [5.74, 6) is 0.764. The molecule has 2 aliphatic rings. The van der Waals surface area contributed by atoms with Gasteiger partial charge >= 0.3 is 0 Å². The third-order valence-electron chi connectivity index (χ3n) is 5.36. The van der Waals surface area contributed by atoms with Crippen molar-refractivity contribution in [1.29, 1.82) is 0 Å². The van der Waals surface area contributed by atoms with Gasteiger partial charge in [0, 0.05) is 14.9 Å². The van der Waals surface area contributed by atoms with Crippen molar-refractivity contribution in [3.8, 4) is 17.0 Å². The molecule has 120 valence electrons. The first-order valence-corrected chi connectivity index (χ1v) is 8.70. The number of nitrogens with zero attached hydrogens (tertiary/aromatic N) is 1. The molecule has 4 rings (SSSR count). The van der Waals surface area contributed by atoms with Crippen LogP contribution in [0.5, 0.6) is 5.75 Å². The first kappa shape index (κ1) is 12.6. The first-order chi connectivity index (χ1) is 11.9. The van der Waals surface area contributed by atoms with Crippen molar-refractivity contribution in [2.45, 2.75) is 57.4 Å². The van der Waals surface area contributed by atoms with Crippen LogP contribution >= 0.6 is 0 Å². The fourth-order valence-corrected chi connectivity index (χ4v) is 4.01. The van der Waals surface area contributed by atoms with Crippen LogP contribution in [0.3, 0.4) is 0 Å². The molecule has 0 atom stereocenters. The minimum absolute atomic E-state index is 0.343. The lowest BCUT2D eigenvalue weighted by Crippen LogP contribution is -2.42. The third-order valence-corrected chi connectivity index (χ3v) is 5.36. The van der Waals surface area contributed by atoms with Gasteiger partial charge in [-0.2, -0.15) is 0 Å². The van der Waals surface area contributed by atoms with Gasteiger partial charge in [-0.25, -0.2) is 4.57 Å². The lowest BCUT2D eigenvalue weighted by molar-refractivity contribution is -0.660. The summed E-state index contributed by atoms with van der Waals surface area (Å²) in [4.78, 5) is 0. The minimum Gasteiger partial charge on any atom is -0.486 e. The van der Waals surface area contributed by atoms with Crippen LogP contribution in [0.4, 0.5) is 0 Å². The molecule has 2 heteroatoms. The molecular formula is C21H26NO+. The highest BCUT2D eigenvalue weighted by Crippen LogP contribution is 2.46. The van der Waals surface area contributed by atoms with Gasteiger partial charge in [-0.3, -0.25) is 0 Å². The molecule has 2 aromatic rings. The van der Waals surface area contributed by atoms with Crippen LogP contribution in [-0.4, -0.2) is 5.60 Å². The highest BCUT2D eigenvalue weighted by atomic mass is 16.5. The van der Waals surface area contributed by atoms with Crippen molar-refractivity contribution in [3.05, 3.63) is 47.7 Å². The average Bonchev–Trinajstić information content (AvgIpc) is 2.55. The SMILES string of the molecule is [2H]C1([2H])CC2(CCCCC2)Oc2c1ccc(C)c2-c1cccc[n+]1C. The summed E-state index contributed by atoms with van der Waals surface area (Å²) >= 11 is 0. The van der Waals surface area contributed by atoms with Gasteiger partial charge in [0.1, 0.15) is 18.4 Å². The molecular weight excluding hydrogens is 282 g/mol. The van der Waals surface area contributed by atoms with E-state index >= 15 is 0 Å². The Morgan fingerprint density at radius 3 is 2.70 bits per heavy atom. The molecule has 1 aliphatic heterocycles. The summed E-state index contributed by atoms with van der Waals surface area (Å²) in [6.45, 7) is 2.09. The van der Waals surface area contributed by atoms with Crippen LogP contribution in [0, 0.1) is 6.92 Å². The van der Waals surface area contributed by atoms with Gasteiger partial charge < -0.3 is 4.74 Å². The number of hydrogen-bond acceptors (Lipinski definition) is 1. The normalized spacial score (nSPS) is 22.7. The maximum Gasteiger partial charge on any atom is 0.216 e. The standard InChI is InChI=1S/C21H26NO/c1-16-9-10-17-11-14-21(12-5-3-6-13-21)23-20(17)19(16)18-8-4-7-15-22(18)2/h4,7-10,15H,3,5-6,11-14H2,1-2H3/q+1/i11D2. The molecule has 1 aliphatic carbocycles. The van der Waals surface area contributed by atoms with E-state index in [1.165, 1.54) is 6.42 Å². The highest BCUT2D eigenvalue weighted by molar-refractivity contribution is 5.71. The van der Waals surface area contributed by atoms with E-state index in [1.54, 1.807) is 0 Å². The second-order valence-electron chi connectivity index (χ2n) is 7.03. The molecule has 0 bridgehead atoms. The molecule has 1 fully saturated rings. The van der Waals surface area contributed by atoms with Crippen LogP contribution in [0.15, 0.2) is 36.5 Å². The van der Waals surface area contributed by atoms with Crippen molar-refractivity contribution in [1.82, 2.24) is 0 Å². The van der Waals surface area contributed by atoms with Gasteiger partial charge in [-0.1, -0.05) is 18.6 Å². The van der Waals surface area contributed by atoms with Gasteiger partial charge in [-0.15, -0.1) is 0 Å². The molecule has 0 saturated heterocycles. The maximum absolute atomic E-state index is 8.73. The van der Waals surface area contributed by atoms with E-state index in [9.17, 15) is 0 Å². The van der Waals surface area contributed by atoms with E-state index in [1.807, 2.05) is 37.5 Å². The van der Waals surface area contributed by atoms with Crippen molar-refractivity contribution < 1.29 is 12.0 Å². The topological polar surface area (TPSA) is 13.1 Å². The Bertz CT molecular complexity index is 810. The summed E-state index contributed by atoms with van der Waals surface area (Å²) < 4.78 is 26.2. The number of hydrogen-bond donors (Lipinski definition) is 0. The Labute approximate surface area is 141 Å². The third kappa shape index (κ3) is 2.54. The van der Waals surface area contributed by atoms with Gasteiger partial charge in [0.15, 0.2) is 6.20 Å². The number of rotatable bonds is 1. The molecule has 2 nitrogen and oxygen atoms in total. The minimum atomic E-state index is -1.35. The van der Waals surface area contributed by atoms with Crippen LogP contribution in [-0.2, 0) is 13.4 Å². The molecule has 1 aromatic carbocycles. The van der Waals surface area contributed by atoms with Gasteiger partial charge in [0.2, 0.25) is 5.69 Å². The number of fused-ring (bicyclic) bond motifs is 1. The van der Waals surface area contributed by atoms with Crippen LogP contribution in [0.2, 0.25) is 0 Å². The highest BCUT2D eigenvalue weighted by Gasteiger charge is 2.39. The van der Waals surface area contributed by atoms with Crippen molar-refractivity contribution in [2.75, 3.05) is 0 Å². The van der Waals surface area contributed by atoms with Gasteiger partial charge in [0.05, 0.1) is 5.56 Å². The molecule has 0 radical (unpaired) electrons. The van der Waals surface area contributed by atoms with E-state index in [0.29, 0.717) is 12.0 Å². The van der Waals surface area contributed by atoms with Gasteiger partial charge in [-0.05, 0) is 62.6 Å². The lowest BCUT2D eigenvalue weighted by atomic mass is 9.78. The molecule has 1 spiro atoms. The second kappa shape index (κ2) is 5.67.